The molecule has 2 heterocycles. The molecule has 0 unspecified atom stereocenters. The largest absolute Gasteiger partial charge is 0.348 e. The van der Waals surface area contributed by atoms with Crippen LogP contribution in [0.2, 0.25) is 0 Å². The van der Waals surface area contributed by atoms with Crippen LogP contribution in [0.3, 0.4) is 0 Å². The van der Waals surface area contributed by atoms with E-state index in [0.29, 0.717) is 32.2 Å². The van der Waals surface area contributed by atoms with Crippen molar-refractivity contribution in [3.8, 4) is 0 Å². The Bertz CT molecular complexity index is 1080. The van der Waals surface area contributed by atoms with Crippen LogP contribution in [0.15, 0.2) is 30.3 Å². The molecule has 0 radical (unpaired) electrons. The first-order valence-electron chi connectivity index (χ1n) is 14.1. The van der Waals surface area contributed by atoms with E-state index in [9.17, 15) is 19.2 Å². The van der Waals surface area contributed by atoms with Gasteiger partial charge in [0.2, 0.25) is 17.7 Å². The Morgan fingerprint density at radius 3 is 2.41 bits per heavy atom. The maximum Gasteiger partial charge on any atom is 0.258 e. The van der Waals surface area contributed by atoms with Crippen LogP contribution < -0.4 is 21.4 Å². The normalized spacial score (nSPS) is 27.6. The Morgan fingerprint density at radius 2 is 1.69 bits per heavy atom. The highest BCUT2D eigenvalue weighted by Gasteiger charge is 2.33. The van der Waals surface area contributed by atoms with Gasteiger partial charge < -0.3 is 16.0 Å². The lowest BCUT2D eigenvalue weighted by atomic mass is 9.84. The van der Waals surface area contributed by atoms with Crippen molar-refractivity contribution in [3.63, 3.8) is 0 Å². The number of hydrazine groups is 1. The van der Waals surface area contributed by atoms with Crippen LogP contribution in [0, 0.1) is 11.3 Å². The van der Waals surface area contributed by atoms with Gasteiger partial charge in [0.1, 0.15) is 18.1 Å². The van der Waals surface area contributed by atoms with Crippen molar-refractivity contribution in [2.45, 2.75) is 97.8 Å². The molecular weight excluding hydrogens is 494 g/mol. The van der Waals surface area contributed by atoms with E-state index in [0.717, 1.165) is 17.5 Å². The van der Waals surface area contributed by atoms with Crippen LogP contribution in [0.4, 0.5) is 0 Å². The molecule has 0 spiro atoms. The van der Waals surface area contributed by atoms with Crippen LogP contribution in [-0.2, 0) is 19.2 Å². The number of carbonyl (C=O) groups excluding carboxylic acids is 4. The zero-order chi connectivity index (χ0) is 28.7. The molecule has 0 aromatic heterocycles. The molecular formula is C30H45N5O4. The fourth-order valence-corrected chi connectivity index (χ4v) is 4.91. The van der Waals surface area contributed by atoms with E-state index in [-0.39, 0.29) is 35.1 Å². The van der Waals surface area contributed by atoms with Crippen LogP contribution >= 0.6 is 0 Å². The highest BCUT2D eigenvalue weighted by atomic mass is 16.2. The third-order valence-electron chi connectivity index (χ3n) is 7.54. The monoisotopic (exact) mass is 539 g/mol. The molecule has 1 aromatic carbocycles. The second-order valence-corrected chi connectivity index (χ2v) is 12.0. The summed E-state index contributed by atoms with van der Waals surface area (Å²) < 4.78 is 0. The standard InChI is InChI=1S/C30H45N5O4/c1-19(2)26-28(38)32-21(4)29(39)35-17-9-13-24(34-35)27(37)31-20(3)23-12-7-10-22(18-23)11-8-15-30(5,6)16-14-25(36)33-26/h7-8,10-12,18-21,24,26,34H,9,13-17H2,1-6H3,(H,31,37)(H,32,38)(H,33,36)/t20-,21+,24+,26+/m1/s1. The van der Waals surface area contributed by atoms with Gasteiger partial charge in [-0.1, -0.05) is 58.0 Å². The van der Waals surface area contributed by atoms with Gasteiger partial charge in [0.05, 0.1) is 6.04 Å². The Kier molecular flexibility index (Phi) is 10.3. The molecule has 0 aliphatic carbocycles. The number of benzene rings is 1. The lowest BCUT2D eigenvalue weighted by molar-refractivity contribution is -0.143. The summed E-state index contributed by atoms with van der Waals surface area (Å²) in [4.78, 5) is 52.2. The zero-order valence-electron chi connectivity index (χ0n) is 24.2. The highest BCUT2D eigenvalue weighted by Crippen LogP contribution is 2.28. The number of carbonyl (C=O) groups is 4. The summed E-state index contributed by atoms with van der Waals surface area (Å²) in [6.45, 7) is 12.0. The molecule has 1 aromatic rings. The van der Waals surface area contributed by atoms with Gasteiger partial charge in [-0.3, -0.25) is 24.2 Å². The molecule has 4 amide bonds. The Hall–Kier alpha value is -3.20. The topological polar surface area (TPSA) is 120 Å². The maximum absolute atomic E-state index is 13.2. The fraction of sp³-hybridized carbons (Fsp3) is 0.600. The molecule has 9 nitrogen and oxygen atoms in total. The van der Waals surface area contributed by atoms with Gasteiger partial charge in [-0.25, -0.2) is 5.43 Å². The summed E-state index contributed by atoms with van der Waals surface area (Å²) in [6, 6.07) is 5.71. The molecule has 214 valence electrons. The molecule has 9 heteroatoms. The number of hydrogen-bond donors (Lipinski definition) is 4. The molecule has 2 aliphatic rings. The average Bonchev–Trinajstić information content (AvgIpc) is 2.89. The minimum Gasteiger partial charge on any atom is -0.348 e. The van der Waals surface area contributed by atoms with E-state index in [1.807, 2.05) is 39.0 Å². The summed E-state index contributed by atoms with van der Waals surface area (Å²) in [6.07, 6.45) is 7.20. The van der Waals surface area contributed by atoms with Crippen molar-refractivity contribution in [3.05, 3.63) is 41.5 Å². The van der Waals surface area contributed by atoms with Gasteiger partial charge in [0.25, 0.3) is 5.91 Å². The third kappa shape index (κ3) is 8.65. The van der Waals surface area contributed by atoms with Gasteiger partial charge in [-0.2, -0.15) is 0 Å². The molecule has 1 saturated heterocycles. The van der Waals surface area contributed by atoms with E-state index in [1.165, 1.54) is 5.01 Å². The SMILES string of the molecule is CC(C)[C@@H]1NC(=O)CCC(C)(C)CC=Cc2cccc(c2)[C@@H](C)NC(=O)[C@@H]2CCCN(N2)C(=O)[C@H](C)NC1=O. The highest BCUT2D eigenvalue weighted by molar-refractivity contribution is 5.92. The number of nitrogens with zero attached hydrogens (tertiary/aromatic N) is 1. The second kappa shape index (κ2) is 13.2. The Labute approximate surface area is 232 Å². The first-order chi connectivity index (χ1) is 18.4. The van der Waals surface area contributed by atoms with E-state index in [1.54, 1.807) is 6.92 Å². The number of nitrogens with one attached hydrogen (secondary N) is 4. The van der Waals surface area contributed by atoms with Crippen LogP contribution in [0.25, 0.3) is 6.08 Å². The number of fused-ring (bicyclic) bond motifs is 4. The van der Waals surface area contributed by atoms with E-state index >= 15 is 0 Å². The zero-order valence-corrected chi connectivity index (χ0v) is 24.2. The predicted molar refractivity (Wildman–Crippen MR) is 152 cm³/mol. The summed E-state index contributed by atoms with van der Waals surface area (Å²) >= 11 is 0. The van der Waals surface area contributed by atoms with Crippen molar-refractivity contribution in [2.24, 2.45) is 11.3 Å². The molecule has 4 atom stereocenters. The lowest BCUT2D eigenvalue weighted by Gasteiger charge is -2.35. The molecule has 4 bridgehead atoms. The maximum atomic E-state index is 13.2. The van der Waals surface area contributed by atoms with Crippen LogP contribution in [0.5, 0.6) is 0 Å². The minimum atomic E-state index is -0.824. The van der Waals surface area contributed by atoms with Crippen LogP contribution in [0.1, 0.15) is 90.8 Å². The second-order valence-electron chi connectivity index (χ2n) is 12.0. The fourth-order valence-electron chi connectivity index (χ4n) is 4.91. The molecule has 4 N–H and O–H groups in total. The number of hydrogen-bond acceptors (Lipinski definition) is 5. The van der Waals surface area contributed by atoms with Crippen molar-refractivity contribution < 1.29 is 19.2 Å². The summed E-state index contributed by atoms with van der Waals surface area (Å²) in [7, 11) is 0. The summed E-state index contributed by atoms with van der Waals surface area (Å²) in [5.74, 6) is -1.24. The number of amides is 4. The molecule has 0 saturated carbocycles. The van der Waals surface area contributed by atoms with Crippen molar-refractivity contribution in [1.29, 1.82) is 0 Å². The Morgan fingerprint density at radius 1 is 0.974 bits per heavy atom. The van der Waals surface area contributed by atoms with Crippen molar-refractivity contribution in [1.82, 2.24) is 26.4 Å². The average molecular weight is 540 g/mol. The van der Waals surface area contributed by atoms with E-state index in [2.05, 4.69) is 53.4 Å². The van der Waals surface area contributed by atoms with Gasteiger partial charge >= 0.3 is 0 Å². The van der Waals surface area contributed by atoms with Crippen molar-refractivity contribution in [2.75, 3.05) is 6.54 Å². The predicted octanol–water partition coefficient (Wildman–Crippen LogP) is 3.23. The van der Waals surface area contributed by atoms with Gasteiger partial charge in [0, 0.05) is 13.0 Å². The van der Waals surface area contributed by atoms with Gasteiger partial charge in [-0.15, -0.1) is 0 Å². The molecule has 2 aliphatic heterocycles. The molecule has 39 heavy (non-hydrogen) atoms. The number of rotatable bonds is 1. The van der Waals surface area contributed by atoms with Crippen molar-refractivity contribution >= 4 is 29.7 Å². The summed E-state index contributed by atoms with van der Waals surface area (Å²) in [5, 5.41) is 10.1. The third-order valence-corrected chi connectivity index (χ3v) is 7.54. The quantitative estimate of drug-likeness (QED) is 0.437. The lowest BCUT2D eigenvalue weighted by Crippen LogP contribution is -2.62. The molecule has 1 fully saturated rings. The first kappa shape index (κ1) is 30.3. The summed E-state index contributed by atoms with van der Waals surface area (Å²) in [5.41, 5.74) is 4.97. The van der Waals surface area contributed by atoms with E-state index in [4.69, 9.17) is 0 Å². The van der Waals surface area contributed by atoms with Crippen LogP contribution in [-0.4, -0.2) is 53.3 Å². The van der Waals surface area contributed by atoms with Gasteiger partial charge in [-0.05, 0) is 68.1 Å². The molecule has 3 rings (SSSR count). The van der Waals surface area contributed by atoms with Gasteiger partial charge in [0.15, 0.2) is 0 Å². The minimum absolute atomic E-state index is 0.112. The van der Waals surface area contributed by atoms with E-state index < -0.39 is 24.0 Å². The first-order valence-corrected chi connectivity index (χ1v) is 14.1. The Balaban J connectivity index is 1.85. The number of allylic oxidation sites excluding steroid dienone is 1. The smallest absolute Gasteiger partial charge is 0.258 e.